The fourth-order valence-corrected chi connectivity index (χ4v) is 5.58. The molecule has 1 saturated heterocycles. The van der Waals surface area contributed by atoms with Crippen LogP contribution in [0.15, 0.2) is 18.3 Å². The second-order valence-corrected chi connectivity index (χ2v) is 9.21. The van der Waals surface area contributed by atoms with E-state index in [0.717, 1.165) is 44.2 Å². The van der Waals surface area contributed by atoms with Gasteiger partial charge in [-0.1, -0.05) is 25.3 Å². The molecule has 1 aliphatic heterocycles. The highest BCUT2D eigenvalue weighted by Gasteiger charge is 2.35. The van der Waals surface area contributed by atoms with E-state index in [9.17, 15) is 8.42 Å². The molecule has 2 heterocycles. The molecule has 2 aliphatic rings. The van der Waals surface area contributed by atoms with Gasteiger partial charge in [0, 0.05) is 38.1 Å². The van der Waals surface area contributed by atoms with Crippen molar-refractivity contribution in [2.45, 2.75) is 63.8 Å². The van der Waals surface area contributed by atoms with Gasteiger partial charge >= 0.3 is 0 Å². The van der Waals surface area contributed by atoms with E-state index in [1.165, 1.54) is 12.0 Å². The van der Waals surface area contributed by atoms with Gasteiger partial charge in [0.15, 0.2) is 0 Å². The highest BCUT2D eigenvalue weighted by molar-refractivity contribution is 7.86. The van der Waals surface area contributed by atoms with Crippen LogP contribution in [-0.2, 0) is 10.2 Å². The van der Waals surface area contributed by atoms with E-state index >= 15 is 0 Å². The van der Waals surface area contributed by atoms with Crippen LogP contribution in [0.4, 0.5) is 0 Å². The predicted molar refractivity (Wildman–Crippen MR) is 96.1 cm³/mol. The van der Waals surface area contributed by atoms with Crippen LogP contribution in [0.5, 0.6) is 0 Å². The fraction of sp³-hybridized carbons (Fsp3) is 0.722. The van der Waals surface area contributed by atoms with E-state index in [4.69, 9.17) is 0 Å². The lowest BCUT2D eigenvalue weighted by molar-refractivity contribution is 0.246. The van der Waals surface area contributed by atoms with Crippen LogP contribution >= 0.6 is 0 Å². The third-order valence-electron chi connectivity index (χ3n) is 5.64. The molecule has 0 amide bonds. The summed E-state index contributed by atoms with van der Waals surface area (Å²) in [6.07, 6.45) is 9.23. The molecule has 0 N–H and O–H groups in total. The van der Waals surface area contributed by atoms with Crippen LogP contribution in [0.2, 0.25) is 0 Å². The van der Waals surface area contributed by atoms with Crippen molar-refractivity contribution in [2.24, 2.45) is 0 Å². The van der Waals surface area contributed by atoms with Gasteiger partial charge in [0.05, 0.1) is 0 Å². The number of hydrogen-bond donors (Lipinski definition) is 0. The van der Waals surface area contributed by atoms with E-state index in [1.807, 2.05) is 19.2 Å². The molecule has 1 aromatic heterocycles. The van der Waals surface area contributed by atoms with Gasteiger partial charge in [-0.25, -0.2) is 0 Å². The maximum absolute atomic E-state index is 12.9. The molecule has 0 radical (unpaired) electrons. The fourth-order valence-electron chi connectivity index (χ4n) is 3.96. The van der Waals surface area contributed by atoms with Gasteiger partial charge in [0.25, 0.3) is 10.2 Å². The third-order valence-corrected chi connectivity index (χ3v) is 7.68. The van der Waals surface area contributed by atoms with Crippen molar-refractivity contribution in [1.29, 1.82) is 0 Å². The Morgan fingerprint density at radius 2 is 1.75 bits per heavy atom. The summed E-state index contributed by atoms with van der Waals surface area (Å²) in [5.74, 6) is 0.421. The lowest BCUT2D eigenvalue weighted by Gasteiger charge is -2.37. The Morgan fingerprint density at radius 1 is 1.08 bits per heavy atom. The average molecular weight is 352 g/mol. The zero-order valence-electron chi connectivity index (χ0n) is 14.8. The molecule has 6 heteroatoms. The molecule has 1 aliphatic carbocycles. The maximum Gasteiger partial charge on any atom is 0.281 e. The number of aromatic nitrogens is 1. The Bertz CT molecular complexity index is 631. The first-order valence-electron chi connectivity index (χ1n) is 9.14. The molecule has 0 atom stereocenters. The van der Waals surface area contributed by atoms with Crippen LogP contribution in [0.1, 0.15) is 62.1 Å². The number of aryl methyl sites for hydroxylation is 1. The molecule has 1 aromatic rings. The molecule has 134 valence electrons. The van der Waals surface area contributed by atoms with Crippen molar-refractivity contribution in [3.8, 4) is 0 Å². The molecule has 3 rings (SSSR count). The van der Waals surface area contributed by atoms with E-state index in [-0.39, 0.29) is 6.04 Å². The summed E-state index contributed by atoms with van der Waals surface area (Å²) in [5, 5.41) is 0. The van der Waals surface area contributed by atoms with Gasteiger partial charge in [-0.15, -0.1) is 0 Å². The molecule has 5 nitrogen and oxygen atoms in total. The second kappa shape index (κ2) is 7.50. The highest BCUT2D eigenvalue weighted by atomic mass is 32.2. The largest absolute Gasteiger partial charge is 0.281 e. The first kappa shape index (κ1) is 17.8. The standard InChI is InChI=1S/C18H29N3O2S/c1-15-8-9-17(14-19-15)16-10-12-21(13-11-16)24(22,23)20(2)18-6-4-3-5-7-18/h8-9,14,16,18H,3-7,10-13H2,1-2H3. The normalized spacial score (nSPS) is 22.1. The lowest BCUT2D eigenvalue weighted by Crippen LogP contribution is -2.49. The van der Waals surface area contributed by atoms with E-state index in [0.29, 0.717) is 19.0 Å². The summed E-state index contributed by atoms with van der Waals surface area (Å²) in [6.45, 7) is 3.20. The summed E-state index contributed by atoms with van der Waals surface area (Å²) in [5.41, 5.74) is 2.26. The molecule has 24 heavy (non-hydrogen) atoms. The third kappa shape index (κ3) is 3.81. The topological polar surface area (TPSA) is 53.5 Å². The number of pyridine rings is 1. The first-order valence-corrected chi connectivity index (χ1v) is 10.5. The summed E-state index contributed by atoms with van der Waals surface area (Å²) in [7, 11) is -1.56. The van der Waals surface area contributed by atoms with Crippen molar-refractivity contribution in [3.63, 3.8) is 0 Å². The Labute approximate surface area is 146 Å². The number of piperidine rings is 1. The van der Waals surface area contributed by atoms with E-state index < -0.39 is 10.2 Å². The summed E-state index contributed by atoms with van der Waals surface area (Å²) < 4.78 is 29.1. The Kier molecular flexibility index (Phi) is 5.57. The highest BCUT2D eigenvalue weighted by Crippen LogP contribution is 2.31. The number of rotatable bonds is 4. The SMILES string of the molecule is Cc1ccc(C2CCN(S(=O)(=O)N(C)C3CCCCC3)CC2)cn1. The summed E-state index contributed by atoms with van der Waals surface area (Å²) in [4.78, 5) is 4.37. The van der Waals surface area contributed by atoms with Crippen molar-refractivity contribution in [3.05, 3.63) is 29.6 Å². The first-order chi connectivity index (χ1) is 11.5. The smallest absolute Gasteiger partial charge is 0.261 e. The molecule has 1 saturated carbocycles. The molecular weight excluding hydrogens is 322 g/mol. The van der Waals surface area contributed by atoms with Gasteiger partial charge in [-0.3, -0.25) is 4.98 Å². The van der Waals surface area contributed by atoms with Crippen LogP contribution in [0.3, 0.4) is 0 Å². The van der Waals surface area contributed by atoms with E-state index in [2.05, 4.69) is 11.1 Å². The van der Waals surface area contributed by atoms with Crippen LogP contribution in [0, 0.1) is 6.92 Å². The quantitative estimate of drug-likeness (QED) is 0.838. The van der Waals surface area contributed by atoms with Gasteiger partial charge in [0.2, 0.25) is 0 Å². The monoisotopic (exact) mass is 351 g/mol. The van der Waals surface area contributed by atoms with Gasteiger partial charge in [-0.2, -0.15) is 17.0 Å². The predicted octanol–water partition coefficient (Wildman–Crippen LogP) is 3.08. The van der Waals surface area contributed by atoms with Gasteiger partial charge in [-0.05, 0) is 50.2 Å². The van der Waals surface area contributed by atoms with E-state index in [1.54, 1.807) is 15.7 Å². The van der Waals surface area contributed by atoms with Crippen molar-refractivity contribution in [1.82, 2.24) is 13.6 Å². The second-order valence-electron chi connectivity index (χ2n) is 7.22. The van der Waals surface area contributed by atoms with Crippen LogP contribution in [-0.4, -0.2) is 48.2 Å². The molecule has 0 bridgehead atoms. The maximum atomic E-state index is 12.9. The van der Waals surface area contributed by atoms with Gasteiger partial charge < -0.3 is 0 Å². The minimum Gasteiger partial charge on any atom is -0.261 e. The Balaban J connectivity index is 1.61. The number of hydrogen-bond acceptors (Lipinski definition) is 3. The van der Waals surface area contributed by atoms with Crippen molar-refractivity contribution in [2.75, 3.05) is 20.1 Å². The molecular formula is C18H29N3O2S. The van der Waals surface area contributed by atoms with Crippen molar-refractivity contribution >= 4 is 10.2 Å². The van der Waals surface area contributed by atoms with Crippen LogP contribution in [0.25, 0.3) is 0 Å². The zero-order chi connectivity index (χ0) is 17.2. The lowest BCUT2D eigenvalue weighted by atomic mass is 9.91. The summed E-state index contributed by atoms with van der Waals surface area (Å²) >= 11 is 0. The average Bonchev–Trinajstić information content (AvgIpc) is 2.62. The Morgan fingerprint density at radius 3 is 2.33 bits per heavy atom. The van der Waals surface area contributed by atoms with Crippen molar-refractivity contribution < 1.29 is 8.42 Å². The Hall–Kier alpha value is -0.980. The molecule has 0 unspecified atom stereocenters. The summed E-state index contributed by atoms with van der Waals surface area (Å²) in [6, 6.07) is 4.35. The number of nitrogens with zero attached hydrogens (tertiary/aromatic N) is 3. The minimum atomic E-state index is -3.32. The molecule has 0 aromatic carbocycles. The van der Waals surface area contributed by atoms with Crippen LogP contribution < -0.4 is 0 Å². The zero-order valence-corrected chi connectivity index (χ0v) is 15.6. The minimum absolute atomic E-state index is 0.183. The van der Waals surface area contributed by atoms with Gasteiger partial charge in [0.1, 0.15) is 0 Å². The molecule has 2 fully saturated rings. The molecule has 0 spiro atoms.